The molecule has 2 nitrogen and oxygen atoms in total. The molecule has 1 aromatic carbocycles. The molecule has 0 spiro atoms. The number of nitrogens with zero attached hydrogens (tertiary/aromatic N) is 1. The maximum atomic E-state index is 3.61. The normalized spacial score (nSPS) is 14.2. The fourth-order valence-corrected chi connectivity index (χ4v) is 1.83. The molecule has 17 heavy (non-hydrogen) atoms. The Balaban J connectivity index is 2.79. The molecule has 0 aliphatic carbocycles. The zero-order valence-corrected chi connectivity index (χ0v) is 12.0. The van der Waals surface area contributed by atoms with E-state index in [2.05, 4.69) is 70.2 Å². The van der Waals surface area contributed by atoms with Crippen LogP contribution < -0.4 is 10.2 Å². The van der Waals surface area contributed by atoms with Crippen molar-refractivity contribution in [1.82, 2.24) is 0 Å². The van der Waals surface area contributed by atoms with E-state index in [-0.39, 0.29) is 0 Å². The summed E-state index contributed by atoms with van der Waals surface area (Å²) in [6.45, 7) is 8.96. The lowest BCUT2D eigenvalue weighted by atomic mass is 10.00. The van der Waals surface area contributed by atoms with Crippen molar-refractivity contribution in [3.8, 4) is 0 Å². The van der Waals surface area contributed by atoms with Gasteiger partial charge < -0.3 is 10.2 Å². The summed E-state index contributed by atoms with van der Waals surface area (Å²) in [5, 5.41) is 3.61. The maximum Gasteiger partial charge on any atom is 0.0373 e. The average Bonchev–Trinajstić information content (AvgIpc) is 2.30. The molecule has 1 rings (SSSR count). The second-order valence-corrected chi connectivity index (χ2v) is 5.21. The maximum absolute atomic E-state index is 3.61. The number of rotatable bonds is 5. The molecule has 0 bridgehead atoms. The van der Waals surface area contributed by atoms with Crippen molar-refractivity contribution in [2.24, 2.45) is 5.92 Å². The zero-order valence-electron chi connectivity index (χ0n) is 12.0. The Bertz CT molecular complexity index is 358. The van der Waals surface area contributed by atoms with Crippen molar-refractivity contribution < 1.29 is 0 Å². The molecule has 0 heterocycles. The van der Waals surface area contributed by atoms with Gasteiger partial charge in [-0.3, -0.25) is 0 Å². The molecule has 2 atom stereocenters. The fraction of sp³-hybridized carbons (Fsp3) is 0.600. The first-order chi connectivity index (χ1) is 7.95. The number of aryl methyl sites for hydroxylation is 1. The summed E-state index contributed by atoms with van der Waals surface area (Å²) in [4.78, 5) is 2.13. The summed E-state index contributed by atoms with van der Waals surface area (Å²) >= 11 is 0. The van der Waals surface area contributed by atoms with E-state index >= 15 is 0 Å². The molecule has 0 fully saturated rings. The number of hydrogen-bond donors (Lipinski definition) is 1. The molecule has 0 saturated heterocycles. The van der Waals surface area contributed by atoms with E-state index in [4.69, 9.17) is 0 Å². The van der Waals surface area contributed by atoms with Crippen molar-refractivity contribution in [3.63, 3.8) is 0 Å². The van der Waals surface area contributed by atoms with Crippen LogP contribution in [0.25, 0.3) is 0 Å². The van der Waals surface area contributed by atoms with Crippen LogP contribution in [0.3, 0.4) is 0 Å². The summed E-state index contributed by atoms with van der Waals surface area (Å²) in [7, 11) is 4.15. The van der Waals surface area contributed by atoms with Gasteiger partial charge in [0.1, 0.15) is 0 Å². The SMILES string of the molecule is CCC(C)C(C)Nc1ccc(N(C)C)cc1C. The minimum absolute atomic E-state index is 0.518. The molecule has 0 aliphatic heterocycles. The van der Waals surface area contributed by atoms with E-state index < -0.39 is 0 Å². The fourth-order valence-electron chi connectivity index (χ4n) is 1.83. The quantitative estimate of drug-likeness (QED) is 0.831. The van der Waals surface area contributed by atoms with Crippen molar-refractivity contribution in [3.05, 3.63) is 23.8 Å². The monoisotopic (exact) mass is 234 g/mol. The molecule has 2 unspecified atom stereocenters. The predicted molar refractivity (Wildman–Crippen MR) is 78.0 cm³/mol. The molecule has 1 N–H and O–H groups in total. The van der Waals surface area contributed by atoms with Crippen LogP contribution in [0.15, 0.2) is 18.2 Å². The predicted octanol–water partition coefficient (Wildman–Crippen LogP) is 3.91. The summed E-state index contributed by atoms with van der Waals surface area (Å²) in [6, 6.07) is 7.09. The van der Waals surface area contributed by atoms with Gasteiger partial charge in [-0.1, -0.05) is 20.3 Å². The Hall–Kier alpha value is -1.18. The van der Waals surface area contributed by atoms with Crippen molar-refractivity contribution >= 4 is 11.4 Å². The Morgan fingerprint density at radius 3 is 2.35 bits per heavy atom. The highest BCUT2D eigenvalue weighted by atomic mass is 15.1. The third kappa shape index (κ3) is 3.65. The highest BCUT2D eigenvalue weighted by molar-refractivity contribution is 5.60. The van der Waals surface area contributed by atoms with Gasteiger partial charge in [0.05, 0.1) is 0 Å². The van der Waals surface area contributed by atoms with Crippen LogP contribution >= 0.6 is 0 Å². The molecular weight excluding hydrogens is 208 g/mol. The molecule has 1 aromatic rings. The third-order valence-corrected chi connectivity index (χ3v) is 3.61. The van der Waals surface area contributed by atoms with Crippen LogP contribution in [0.5, 0.6) is 0 Å². The first-order valence-electron chi connectivity index (χ1n) is 6.50. The smallest absolute Gasteiger partial charge is 0.0373 e. The number of nitrogens with one attached hydrogen (secondary N) is 1. The van der Waals surface area contributed by atoms with Crippen LogP contribution in [0.1, 0.15) is 32.8 Å². The van der Waals surface area contributed by atoms with E-state index in [9.17, 15) is 0 Å². The molecule has 2 heteroatoms. The van der Waals surface area contributed by atoms with E-state index in [0.717, 1.165) is 0 Å². The Labute approximate surface area is 106 Å². The van der Waals surface area contributed by atoms with Gasteiger partial charge in [-0.25, -0.2) is 0 Å². The van der Waals surface area contributed by atoms with Crippen molar-refractivity contribution in [2.45, 2.75) is 40.2 Å². The van der Waals surface area contributed by atoms with Gasteiger partial charge in [-0.15, -0.1) is 0 Å². The van der Waals surface area contributed by atoms with E-state index in [1.807, 2.05) is 0 Å². The lowest BCUT2D eigenvalue weighted by Gasteiger charge is -2.23. The Morgan fingerprint density at radius 1 is 1.24 bits per heavy atom. The van der Waals surface area contributed by atoms with Crippen LogP contribution in [-0.2, 0) is 0 Å². The van der Waals surface area contributed by atoms with E-state index in [1.54, 1.807) is 0 Å². The lowest BCUT2D eigenvalue weighted by molar-refractivity contribution is 0.494. The Kier molecular flexibility index (Phi) is 4.86. The summed E-state index contributed by atoms with van der Waals surface area (Å²) < 4.78 is 0. The molecule has 0 aromatic heterocycles. The van der Waals surface area contributed by atoms with Gasteiger partial charge in [-0.05, 0) is 43.5 Å². The lowest BCUT2D eigenvalue weighted by Crippen LogP contribution is -2.23. The summed E-state index contributed by atoms with van der Waals surface area (Å²) in [5.41, 5.74) is 3.82. The number of hydrogen-bond acceptors (Lipinski definition) is 2. The van der Waals surface area contributed by atoms with Gasteiger partial charge >= 0.3 is 0 Å². The molecule has 0 amide bonds. The molecule has 96 valence electrons. The summed E-state index contributed by atoms with van der Waals surface area (Å²) in [6.07, 6.45) is 1.21. The van der Waals surface area contributed by atoms with E-state index in [0.29, 0.717) is 12.0 Å². The first kappa shape index (κ1) is 13.9. The van der Waals surface area contributed by atoms with Gasteiger partial charge in [0.15, 0.2) is 0 Å². The largest absolute Gasteiger partial charge is 0.382 e. The van der Waals surface area contributed by atoms with Crippen LogP contribution in [0.4, 0.5) is 11.4 Å². The summed E-state index contributed by atoms with van der Waals surface area (Å²) in [5.74, 6) is 0.697. The minimum Gasteiger partial charge on any atom is -0.382 e. The highest BCUT2D eigenvalue weighted by Gasteiger charge is 2.11. The average molecular weight is 234 g/mol. The van der Waals surface area contributed by atoms with Gasteiger partial charge in [0.2, 0.25) is 0 Å². The topological polar surface area (TPSA) is 15.3 Å². The molecule has 0 aliphatic rings. The van der Waals surface area contributed by atoms with Gasteiger partial charge in [0, 0.05) is 31.5 Å². The number of benzene rings is 1. The Morgan fingerprint density at radius 2 is 1.88 bits per heavy atom. The van der Waals surface area contributed by atoms with Crippen LogP contribution in [-0.4, -0.2) is 20.1 Å². The second kappa shape index (κ2) is 5.95. The standard InChI is InChI=1S/C15H26N2/c1-7-11(2)13(4)16-15-9-8-14(17(5)6)10-12(15)3/h8-11,13,16H,7H2,1-6H3. The second-order valence-electron chi connectivity index (χ2n) is 5.21. The molecule has 0 radical (unpaired) electrons. The van der Waals surface area contributed by atoms with Gasteiger partial charge in [0.25, 0.3) is 0 Å². The third-order valence-electron chi connectivity index (χ3n) is 3.61. The van der Waals surface area contributed by atoms with Crippen LogP contribution in [0.2, 0.25) is 0 Å². The number of anilines is 2. The minimum atomic E-state index is 0.518. The van der Waals surface area contributed by atoms with E-state index in [1.165, 1.54) is 23.4 Å². The highest BCUT2D eigenvalue weighted by Crippen LogP contribution is 2.23. The molecule has 0 saturated carbocycles. The first-order valence-corrected chi connectivity index (χ1v) is 6.50. The van der Waals surface area contributed by atoms with Gasteiger partial charge in [-0.2, -0.15) is 0 Å². The van der Waals surface area contributed by atoms with Crippen LogP contribution in [0, 0.1) is 12.8 Å². The van der Waals surface area contributed by atoms with Crippen molar-refractivity contribution in [2.75, 3.05) is 24.3 Å². The zero-order chi connectivity index (χ0) is 13.0. The molecular formula is C15H26N2. The van der Waals surface area contributed by atoms with Crippen molar-refractivity contribution in [1.29, 1.82) is 0 Å².